The molecule has 2 amide bonds. The lowest BCUT2D eigenvalue weighted by molar-refractivity contribution is 0.102. The number of halogens is 2. The largest absolute Gasteiger partial charge is 0.506 e. The van der Waals surface area contributed by atoms with E-state index >= 15 is 0 Å². The number of aromatic hydroxyl groups is 1. The normalized spacial score (nSPS) is 11.1. The number of phenols is 1. The average molecular weight is 458 g/mol. The van der Waals surface area contributed by atoms with Crippen LogP contribution in [-0.4, -0.2) is 34.8 Å². The summed E-state index contributed by atoms with van der Waals surface area (Å²) in [5.74, 6) is -0.983. The summed E-state index contributed by atoms with van der Waals surface area (Å²) in [7, 11) is 1.56. The molecule has 1 heterocycles. The van der Waals surface area contributed by atoms with Gasteiger partial charge in [0.1, 0.15) is 17.4 Å². The highest BCUT2D eigenvalue weighted by Gasteiger charge is 2.20. The zero-order valence-electron chi connectivity index (χ0n) is 16.2. The molecule has 10 heteroatoms. The highest BCUT2D eigenvalue weighted by Crippen LogP contribution is 2.32. The van der Waals surface area contributed by atoms with Crippen LogP contribution in [-0.2, 0) is 0 Å². The number of pyridine rings is 1. The number of anilines is 2. The van der Waals surface area contributed by atoms with Crippen LogP contribution >= 0.6 is 23.2 Å². The molecule has 0 spiro atoms. The van der Waals surface area contributed by atoms with Crippen LogP contribution in [0.2, 0.25) is 10.0 Å². The van der Waals surface area contributed by atoms with E-state index in [1.54, 1.807) is 37.4 Å². The lowest BCUT2D eigenvalue weighted by Crippen LogP contribution is -2.19. The number of benzene rings is 2. The number of carbonyl (C=O) groups is 2. The number of amidine groups is 1. The highest BCUT2D eigenvalue weighted by molar-refractivity contribution is 6.32. The standard InChI is InChI=1S/C21H17Cl2N5O3/c1-25-19(24)11-2-4-12(5-3-11)20(30)28-18-15(8-14(23)9-16(18)29)21(31)27-17-7-6-13(22)10-26-17/h2-10,29H,1H3,(H2,24,25)(H,28,30)(H,26,27,31). The van der Waals surface area contributed by atoms with Crippen LogP contribution in [0, 0.1) is 0 Å². The maximum Gasteiger partial charge on any atom is 0.259 e. The van der Waals surface area contributed by atoms with Crippen molar-refractivity contribution in [3.8, 4) is 5.75 Å². The van der Waals surface area contributed by atoms with Gasteiger partial charge in [0.05, 0.1) is 16.3 Å². The molecule has 158 valence electrons. The molecule has 0 aliphatic carbocycles. The van der Waals surface area contributed by atoms with E-state index < -0.39 is 11.8 Å². The molecule has 0 saturated heterocycles. The third-order valence-corrected chi connectivity index (χ3v) is 4.66. The molecule has 0 radical (unpaired) electrons. The van der Waals surface area contributed by atoms with Gasteiger partial charge in [0.25, 0.3) is 11.8 Å². The van der Waals surface area contributed by atoms with Crippen molar-refractivity contribution in [1.29, 1.82) is 0 Å². The van der Waals surface area contributed by atoms with Gasteiger partial charge in [0.15, 0.2) is 0 Å². The fourth-order valence-corrected chi connectivity index (χ4v) is 2.97. The van der Waals surface area contributed by atoms with Crippen LogP contribution < -0.4 is 16.4 Å². The molecule has 0 aliphatic heterocycles. The minimum absolute atomic E-state index is 0.0471. The molecule has 3 aromatic rings. The second kappa shape index (κ2) is 9.46. The van der Waals surface area contributed by atoms with Crippen molar-refractivity contribution in [2.75, 3.05) is 17.7 Å². The Balaban J connectivity index is 1.87. The maximum absolute atomic E-state index is 12.8. The predicted molar refractivity (Wildman–Crippen MR) is 121 cm³/mol. The van der Waals surface area contributed by atoms with Gasteiger partial charge >= 0.3 is 0 Å². The second-order valence-corrected chi connectivity index (χ2v) is 7.18. The predicted octanol–water partition coefficient (Wildman–Crippen LogP) is 3.93. The summed E-state index contributed by atoms with van der Waals surface area (Å²) in [4.78, 5) is 33.3. The Morgan fingerprint density at radius 3 is 2.26 bits per heavy atom. The van der Waals surface area contributed by atoms with Crippen LogP contribution in [0.15, 0.2) is 59.7 Å². The number of aliphatic imine (C=N–C) groups is 1. The molecule has 8 nitrogen and oxygen atoms in total. The van der Waals surface area contributed by atoms with Crippen molar-refractivity contribution in [3.63, 3.8) is 0 Å². The first kappa shape index (κ1) is 22.1. The van der Waals surface area contributed by atoms with Gasteiger partial charge in [-0.3, -0.25) is 14.6 Å². The molecular weight excluding hydrogens is 441 g/mol. The van der Waals surface area contributed by atoms with Gasteiger partial charge in [-0.2, -0.15) is 0 Å². The number of amides is 2. The number of hydrogen-bond acceptors (Lipinski definition) is 5. The number of phenolic OH excluding ortho intramolecular Hbond substituents is 1. The number of hydrogen-bond donors (Lipinski definition) is 4. The minimum Gasteiger partial charge on any atom is -0.506 e. The van der Waals surface area contributed by atoms with Crippen LogP contribution in [0.1, 0.15) is 26.3 Å². The molecule has 0 atom stereocenters. The second-order valence-electron chi connectivity index (χ2n) is 6.30. The molecule has 2 aromatic carbocycles. The zero-order chi connectivity index (χ0) is 22.5. The Bertz CT molecular complexity index is 1160. The fourth-order valence-electron chi connectivity index (χ4n) is 2.64. The van der Waals surface area contributed by atoms with Gasteiger partial charge in [0, 0.05) is 35.5 Å². The first-order valence-electron chi connectivity index (χ1n) is 8.88. The van der Waals surface area contributed by atoms with E-state index in [0.29, 0.717) is 16.4 Å². The van der Waals surface area contributed by atoms with Gasteiger partial charge in [0.2, 0.25) is 0 Å². The SMILES string of the molecule is CN=C(N)c1ccc(C(=O)Nc2c(O)cc(Cl)cc2C(=O)Nc2ccc(Cl)cn2)cc1. The Kier molecular flexibility index (Phi) is 6.74. The Hall–Kier alpha value is -3.62. The molecule has 0 unspecified atom stereocenters. The summed E-state index contributed by atoms with van der Waals surface area (Å²) in [5.41, 5.74) is 6.55. The third-order valence-electron chi connectivity index (χ3n) is 4.22. The Labute approximate surface area is 187 Å². The number of carbonyl (C=O) groups excluding carboxylic acids is 2. The molecule has 0 bridgehead atoms. The number of nitrogens with one attached hydrogen (secondary N) is 2. The van der Waals surface area contributed by atoms with E-state index in [1.807, 2.05) is 0 Å². The van der Waals surface area contributed by atoms with Gasteiger partial charge < -0.3 is 21.5 Å². The zero-order valence-corrected chi connectivity index (χ0v) is 17.7. The summed E-state index contributed by atoms with van der Waals surface area (Å²) >= 11 is 11.8. The van der Waals surface area contributed by atoms with Crippen molar-refractivity contribution in [1.82, 2.24) is 4.98 Å². The van der Waals surface area contributed by atoms with Crippen LogP contribution in [0.5, 0.6) is 5.75 Å². The number of nitrogens with zero attached hydrogens (tertiary/aromatic N) is 2. The molecule has 31 heavy (non-hydrogen) atoms. The van der Waals surface area contributed by atoms with E-state index in [2.05, 4.69) is 20.6 Å². The monoisotopic (exact) mass is 457 g/mol. The molecular formula is C21H17Cl2N5O3. The highest BCUT2D eigenvalue weighted by atomic mass is 35.5. The Morgan fingerprint density at radius 1 is 0.968 bits per heavy atom. The van der Waals surface area contributed by atoms with Crippen LogP contribution in [0.3, 0.4) is 0 Å². The van der Waals surface area contributed by atoms with E-state index in [-0.39, 0.29) is 33.4 Å². The van der Waals surface area contributed by atoms with Gasteiger partial charge in [-0.1, -0.05) is 35.3 Å². The van der Waals surface area contributed by atoms with E-state index in [9.17, 15) is 14.7 Å². The van der Waals surface area contributed by atoms with Crippen molar-refractivity contribution >= 4 is 52.4 Å². The van der Waals surface area contributed by atoms with Crippen molar-refractivity contribution in [3.05, 3.63) is 81.5 Å². The summed E-state index contributed by atoms with van der Waals surface area (Å²) in [6.07, 6.45) is 1.37. The molecule has 3 rings (SSSR count). The smallest absolute Gasteiger partial charge is 0.259 e. The maximum atomic E-state index is 12.8. The minimum atomic E-state index is -0.634. The summed E-state index contributed by atoms with van der Waals surface area (Å²) < 4.78 is 0. The van der Waals surface area contributed by atoms with Gasteiger partial charge in [-0.25, -0.2) is 4.98 Å². The lowest BCUT2D eigenvalue weighted by Gasteiger charge is -2.14. The van der Waals surface area contributed by atoms with E-state index in [1.165, 1.54) is 24.4 Å². The van der Waals surface area contributed by atoms with E-state index in [0.717, 1.165) is 0 Å². The van der Waals surface area contributed by atoms with Crippen molar-refractivity contribution in [2.24, 2.45) is 10.7 Å². The van der Waals surface area contributed by atoms with Crippen molar-refractivity contribution in [2.45, 2.75) is 0 Å². The summed E-state index contributed by atoms with van der Waals surface area (Å²) in [6, 6.07) is 12.0. The third kappa shape index (κ3) is 5.30. The first-order valence-corrected chi connectivity index (χ1v) is 9.63. The van der Waals surface area contributed by atoms with Crippen molar-refractivity contribution < 1.29 is 14.7 Å². The number of aromatic nitrogens is 1. The molecule has 5 N–H and O–H groups in total. The van der Waals surface area contributed by atoms with Gasteiger partial charge in [-0.15, -0.1) is 0 Å². The fraction of sp³-hybridized carbons (Fsp3) is 0.0476. The molecule has 0 fully saturated rings. The first-order chi connectivity index (χ1) is 14.8. The van der Waals surface area contributed by atoms with Gasteiger partial charge in [-0.05, 0) is 30.3 Å². The lowest BCUT2D eigenvalue weighted by atomic mass is 10.1. The number of nitrogens with two attached hydrogens (primary N) is 1. The Morgan fingerprint density at radius 2 is 1.65 bits per heavy atom. The average Bonchev–Trinajstić information content (AvgIpc) is 2.76. The topological polar surface area (TPSA) is 130 Å². The molecule has 0 saturated carbocycles. The molecule has 1 aromatic heterocycles. The number of rotatable bonds is 5. The summed E-state index contributed by atoms with van der Waals surface area (Å²) in [6.45, 7) is 0. The van der Waals surface area contributed by atoms with Crippen LogP contribution in [0.25, 0.3) is 0 Å². The molecule has 0 aliphatic rings. The van der Waals surface area contributed by atoms with Crippen LogP contribution in [0.4, 0.5) is 11.5 Å². The quantitative estimate of drug-likeness (QED) is 0.262. The summed E-state index contributed by atoms with van der Waals surface area (Å²) in [5, 5.41) is 16.0. The van der Waals surface area contributed by atoms with E-state index in [4.69, 9.17) is 28.9 Å².